The van der Waals surface area contributed by atoms with Gasteiger partial charge in [0.05, 0.1) is 5.69 Å². The maximum atomic E-state index is 13.5. The zero-order valence-electron chi connectivity index (χ0n) is 16.4. The maximum absolute atomic E-state index is 13.5. The largest absolute Gasteiger partial charge is 0.292 e. The van der Waals surface area contributed by atoms with Gasteiger partial charge in [-0.3, -0.25) is 15.0 Å². The zero-order valence-corrected chi connectivity index (χ0v) is 16.4. The summed E-state index contributed by atoms with van der Waals surface area (Å²) in [7, 11) is 0. The summed E-state index contributed by atoms with van der Waals surface area (Å²) in [4.78, 5) is 6.71. The lowest BCUT2D eigenvalue weighted by Gasteiger charge is -2.28. The summed E-state index contributed by atoms with van der Waals surface area (Å²) in [6.45, 7) is 4.25. The van der Waals surface area contributed by atoms with E-state index < -0.39 is 0 Å². The third kappa shape index (κ3) is 3.32. The van der Waals surface area contributed by atoms with Gasteiger partial charge in [-0.2, -0.15) is 5.10 Å². The Bertz CT molecular complexity index is 1080. The monoisotopic (exact) mass is 386 g/mol. The second-order valence-corrected chi connectivity index (χ2v) is 7.70. The second-order valence-electron chi connectivity index (χ2n) is 7.70. The summed E-state index contributed by atoms with van der Waals surface area (Å²) >= 11 is 0. The van der Waals surface area contributed by atoms with Crippen LogP contribution < -0.4 is 0 Å². The van der Waals surface area contributed by atoms with Crippen molar-refractivity contribution in [3.63, 3.8) is 0 Å². The highest BCUT2D eigenvalue weighted by Gasteiger charge is 2.31. The Morgan fingerprint density at radius 2 is 1.90 bits per heavy atom. The quantitative estimate of drug-likeness (QED) is 0.638. The predicted octanol–water partition coefficient (Wildman–Crippen LogP) is 5.09. The molecule has 0 amide bonds. The smallest absolute Gasteiger partial charge is 0.123 e. The van der Waals surface area contributed by atoms with E-state index in [1.165, 1.54) is 23.3 Å². The van der Waals surface area contributed by atoms with Crippen molar-refractivity contribution in [3.05, 3.63) is 78.0 Å². The minimum atomic E-state index is -0.244. The molecule has 0 radical (unpaired) electrons. The average molecular weight is 386 g/mol. The molecule has 3 aromatic rings. The van der Waals surface area contributed by atoms with Crippen molar-refractivity contribution in [1.29, 1.82) is 0 Å². The number of hydrogen-bond acceptors (Lipinski definition) is 3. The number of aromatic nitrogens is 3. The number of pyridine rings is 1. The number of benzene rings is 1. The van der Waals surface area contributed by atoms with Crippen molar-refractivity contribution in [1.82, 2.24) is 20.1 Å². The number of nitrogens with zero attached hydrogens (tertiary/aromatic N) is 3. The third-order valence-corrected chi connectivity index (χ3v) is 5.99. The number of nitrogens with one attached hydrogen (secondary N) is 1. The van der Waals surface area contributed by atoms with Crippen molar-refractivity contribution in [2.45, 2.75) is 25.8 Å². The Morgan fingerprint density at radius 1 is 1.10 bits per heavy atom. The van der Waals surface area contributed by atoms with Gasteiger partial charge in [0.2, 0.25) is 0 Å². The van der Waals surface area contributed by atoms with Crippen LogP contribution in [0.15, 0.2) is 66.5 Å². The Balaban J connectivity index is 1.61. The van der Waals surface area contributed by atoms with E-state index in [0.717, 1.165) is 54.0 Å². The highest BCUT2D eigenvalue weighted by molar-refractivity contribution is 5.89. The number of allylic oxidation sites excluding steroid dienone is 1. The van der Waals surface area contributed by atoms with Crippen LogP contribution in [0.25, 0.3) is 28.0 Å². The molecule has 2 aliphatic heterocycles. The van der Waals surface area contributed by atoms with Crippen LogP contribution in [0.5, 0.6) is 0 Å². The molecule has 0 spiro atoms. The number of H-pyrrole nitrogens is 1. The summed E-state index contributed by atoms with van der Waals surface area (Å²) < 4.78 is 13.5. The Morgan fingerprint density at radius 3 is 2.66 bits per heavy atom. The molecule has 1 atom stereocenters. The number of aromatic amines is 1. The predicted molar refractivity (Wildman–Crippen MR) is 114 cm³/mol. The van der Waals surface area contributed by atoms with Gasteiger partial charge in [0, 0.05) is 42.7 Å². The zero-order chi connectivity index (χ0) is 19.8. The summed E-state index contributed by atoms with van der Waals surface area (Å²) in [6, 6.07) is 11.0. The minimum Gasteiger partial charge on any atom is -0.292 e. The molecule has 4 nitrogen and oxygen atoms in total. The van der Waals surface area contributed by atoms with Crippen LogP contribution in [0.3, 0.4) is 0 Å². The molecule has 4 heterocycles. The van der Waals surface area contributed by atoms with Gasteiger partial charge in [0.1, 0.15) is 11.5 Å². The van der Waals surface area contributed by atoms with E-state index in [1.54, 1.807) is 24.5 Å². The topological polar surface area (TPSA) is 44.8 Å². The van der Waals surface area contributed by atoms with Crippen molar-refractivity contribution >= 4 is 5.57 Å². The molecule has 1 fully saturated rings. The van der Waals surface area contributed by atoms with Crippen LogP contribution >= 0.6 is 0 Å². The van der Waals surface area contributed by atoms with Crippen molar-refractivity contribution < 1.29 is 4.39 Å². The molecule has 0 aliphatic carbocycles. The van der Waals surface area contributed by atoms with Gasteiger partial charge in [-0.1, -0.05) is 17.7 Å². The van der Waals surface area contributed by atoms with Gasteiger partial charge in [-0.25, -0.2) is 4.39 Å². The van der Waals surface area contributed by atoms with Crippen LogP contribution in [-0.4, -0.2) is 39.2 Å². The van der Waals surface area contributed by atoms with Crippen LogP contribution in [-0.2, 0) is 0 Å². The molecule has 2 aromatic heterocycles. The normalized spacial score (nSPS) is 20.7. The van der Waals surface area contributed by atoms with E-state index >= 15 is 0 Å². The lowest BCUT2D eigenvalue weighted by Crippen LogP contribution is -2.32. The van der Waals surface area contributed by atoms with Gasteiger partial charge in [0.25, 0.3) is 0 Å². The fourth-order valence-electron chi connectivity index (χ4n) is 4.44. The molecule has 0 bridgehead atoms. The molecule has 146 valence electrons. The molecule has 1 N–H and O–H groups in total. The van der Waals surface area contributed by atoms with Gasteiger partial charge in [-0.15, -0.1) is 0 Å². The van der Waals surface area contributed by atoms with E-state index in [4.69, 9.17) is 0 Å². The average Bonchev–Trinajstić information content (AvgIpc) is 3.38. The van der Waals surface area contributed by atoms with Crippen LogP contribution in [0.2, 0.25) is 0 Å². The first-order chi connectivity index (χ1) is 14.2. The first-order valence-electron chi connectivity index (χ1n) is 10.1. The SMILES string of the molecule is C/C=C1/CC2C=C(c3[nH]nc(-c4ccc(F)cc4)c3-c3ccncc3)CCN2C1. The molecule has 1 saturated heterocycles. The van der Waals surface area contributed by atoms with Crippen LogP contribution in [0.1, 0.15) is 25.5 Å². The first kappa shape index (κ1) is 18.0. The number of rotatable bonds is 3. The third-order valence-electron chi connectivity index (χ3n) is 5.99. The molecule has 1 aromatic carbocycles. The fraction of sp³-hybridized carbons (Fsp3) is 0.250. The van der Waals surface area contributed by atoms with Gasteiger partial charge in [-0.05, 0) is 67.3 Å². The summed E-state index contributed by atoms with van der Waals surface area (Å²) in [6.07, 6.45) is 10.3. The van der Waals surface area contributed by atoms with Gasteiger partial charge >= 0.3 is 0 Å². The van der Waals surface area contributed by atoms with E-state index in [-0.39, 0.29) is 5.82 Å². The molecule has 0 saturated carbocycles. The summed E-state index contributed by atoms with van der Waals surface area (Å²) in [5.74, 6) is -0.244. The fourth-order valence-corrected chi connectivity index (χ4v) is 4.44. The molecule has 5 heteroatoms. The maximum Gasteiger partial charge on any atom is 0.123 e. The molecule has 29 heavy (non-hydrogen) atoms. The summed E-state index contributed by atoms with van der Waals surface area (Å²) in [5.41, 5.74) is 7.74. The highest BCUT2D eigenvalue weighted by atomic mass is 19.1. The number of halogens is 1. The van der Waals surface area contributed by atoms with Gasteiger partial charge in [0.15, 0.2) is 0 Å². The molecule has 1 unspecified atom stereocenters. The Labute approximate surface area is 169 Å². The minimum absolute atomic E-state index is 0.244. The van der Waals surface area contributed by atoms with Crippen molar-refractivity contribution in [2.24, 2.45) is 0 Å². The van der Waals surface area contributed by atoms with E-state index in [2.05, 4.69) is 39.2 Å². The van der Waals surface area contributed by atoms with Gasteiger partial charge < -0.3 is 0 Å². The summed E-state index contributed by atoms with van der Waals surface area (Å²) in [5, 5.41) is 7.95. The van der Waals surface area contributed by atoms with Crippen molar-refractivity contribution in [2.75, 3.05) is 13.1 Å². The Kier molecular flexibility index (Phi) is 4.60. The number of hydrogen-bond donors (Lipinski definition) is 1. The first-order valence-corrected chi connectivity index (χ1v) is 10.1. The second kappa shape index (κ2) is 7.41. The molecular formula is C24H23FN4. The van der Waals surface area contributed by atoms with Crippen LogP contribution in [0, 0.1) is 5.82 Å². The number of fused-ring (bicyclic) bond motifs is 1. The Hall–Kier alpha value is -3.05. The lowest BCUT2D eigenvalue weighted by atomic mass is 9.92. The standard InChI is InChI=1S/C24H23FN4/c1-2-16-13-21-14-19(9-12-29(21)15-16)24-22(17-7-10-26-11-8-17)23(27-28-24)18-3-5-20(25)6-4-18/h2-8,10-11,14,21H,9,12-13,15H2,1H3,(H,27,28)/b16-2-. The molecule has 2 aliphatic rings. The van der Waals surface area contributed by atoms with Crippen LogP contribution in [0.4, 0.5) is 4.39 Å². The van der Waals surface area contributed by atoms with Crippen molar-refractivity contribution in [3.8, 4) is 22.4 Å². The highest BCUT2D eigenvalue weighted by Crippen LogP contribution is 2.40. The lowest BCUT2D eigenvalue weighted by molar-refractivity contribution is 0.290. The molecular weight excluding hydrogens is 363 g/mol. The van der Waals surface area contributed by atoms with E-state index in [1.807, 2.05) is 12.1 Å². The van der Waals surface area contributed by atoms with E-state index in [9.17, 15) is 4.39 Å². The molecule has 5 rings (SSSR count). The van der Waals surface area contributed by atoms with E-state index in [0.29, 0.717) is 6.04 Å².